The van der Waals surface area contributed by atoms with Crippen molar-refractivity contribution in [3.05, 3.63) is 65.2 Å². The van der Waals surface area contributed by atoms with Gasteiger partial charge < -0.3 is 14.6 Å². The van der Waals surface area contributed by atoms with Crippen molar-refractivity contribution >= 4 is 16.0 Å². The number of benzene rings is 2. The Bertz CT molecular complexity index is 1130. The third kappa shape index (κ3) is 7.63. The van der Waals surface area contributed by atoms with Crippen molar-refractivity contribution in [3.63, 3.8) is 0 Å². The molecule has 0 aromatic heterocycles. The maximum Gasteiger partial charge on any atom is 0.306 e. The van der Waals surface area contributed by atoms with Crippen LogP contribution in [0.3, 0.4) is 0 Å². The Morgan fingerprint density at radius 2 is 1.92 bits per heavy atom. The third-order valence-electron chi connectivity index (χ3n) is 7.33. The highest BCUT2D eigenvalue weighted by Gasteiger charge is 2.33. The number of carbonyl (C=O) groups is 1. The molecule has 1 N–H and O–H groups in total. The lowest BCUT2D eigenvalue weighted by atomic mass is 9.90. The summed E-state index contributed by atoms with van der Waals surface area (Å²) in [5.74, 6) is -0.875. The van der Waals surface area contributed by atoms with Crippen molar-refractivity contribution in [1.82, 2.24) is 4.31 Å². The van der Waals surface area contributed by atoms with Gasteiger partial charge in [0.25, 0.3) is 0 Å². The van der Waals surface area contributed by atoms with E-state index in [1.54, 1.807) is 6.07 Å². The molecule has 0 bridgehead atoms. The van der Waals surface area contributed by atoms with E-state index in [0.717, 1.165) is 48.8 Å². The Hall–Kier alpha value is -2.26. The number of sulfonamides is 1. The molecule has 0 spiro atoms. The number of ether oxygens (including phenoxy) is 2. The molecule has 0 unspecified atom stereocenters. The van der Waals surface area contributed by atoms with Crippen molar-refractivity contribution < 1.29 is 27.8 Å². The smallest absolute Gasteiger partial charge is 0.306 e. The molecule has 0 saturated carbocycles. The van der Waals surface area contributed by atoms with E-state index in [-0.39, 0.29) is 25.0 Å². The van der Waals surface area contributed by atoms with Gasteiger partial charge in [-0.2, -0.15) is 4.31 Å². The first-order valence-corrected chi connectivity index (χ1v) is 14.9. The number of aliphatic hydroxyl groups excluding tert-OH is 1. The molecule has 1 saturated heterocycles. The fourth-order valence-electron chi connectivity index (χ4n) is 5.23. The van der Waals surface area contributed by atoms with Gasteiger partial charge in [0.1, 0.15) is 6.10 Å². The predicted octanol–water partition coefficient (Wildman–Crippen LogP) is 4.04. The molecule has 2 aliphatic heterocycles. The number of rotatable bonds is 8. The summed E-state index contributed by atoms with van der Waals surface area (Å²) in [5, 5.41) is 11.4. The number of esters is 1. The zero-order valence-electron chi connectivity index (χ0n) is 21.7. The van der Waals surface area contributed by atoms with Crippen LogP contribution in [0.5, 0.6) is 0 Å². The van der Waals surface area contributed by atoms with Gasteiger partial charge in [0, 0.05) is 25.4 Å². The Balaban J connectivity index is 1.55. The largest absolute Gasteiger partial charge is 0.460 e. The number of aliphatic hydroxyl groups is 1. The summed E-state index contributed by atoms with van der Waals surface area (Å²) in [6.45, 7) is 3.21. The molecule has 2 aromatic carbocycles. The number of nitrogens with zero attached hydrogens (tertiary/aromatic N) is 1. The zero-order chi connectivity index (χ0) is 26.3. The van der Waals surface area contributed by atoms with E-state index in [4.69, 9.17) is 9.47 Å². The van der Waals surface area contributed by atoms with Crippen molar-refractivity contribution in [2.24, 2.45) is 5.92 Å². The van der Waals surface area contributed by atoms with Crippen LogP contribution in [0.25, 0.3) is 0 Å². The zero-order valence-corrected chi connectivity index (χ0v) is 22.5. The van der Waals surface area contributed by atoms with Crippen molar-refractivity contribution in [1.29, 1.82) is 0 Å². The number of β-amino-alcohol motifs (C(OH)–C–C–N with tert-alkyl or cyclic N) is 1. The lowest BCUT2D eigenvalue weighted by molar-refractivity contribution is -0.151. The molecule has 4 rings (SSSR count). The minimum atomic E-state index is -3.81. The Labute approximate surface area is 220 Å². The number of carbonyl (C=O) groups excluding carboxylic acids is 1. The summed E-state index contributed by atoms with van der Waals surface area (Å²) in [7, 11) is -3.81. The third-order valence-corrected chi connectivity index (χ3v) is 9.29. The van der Waals surface area contributed by atoms with Gasteiger partial charge in [0.05, 0.1) is 30.6 Å². The average molecular weight is 530 g/mol. The number of fused-ring (bicyclic) bond motifs is 1. The summed E-state index contributed by atoms with van der Waals surface area (Å²) in [5.41, 5.74) is 2.85. The van der Waals surface area contributed by atoms with Crippen molar-refractivity contribution in [2.45, 2.75) is 75.4 Å². The second-order valence-corrected chi connectivity index (χ2v) is 12.2. The molecule has 0 aliphatic carbocycles. The van der Waals surface area contributed by atoms with E-state index >= 15 is 0 Å². The molecular formula is C29H39NO6S. The highest BCUT2D eigenvalue weighted by molar-refractivity contribution is 7.89. The van der Waals surface area contributed by atoms with Gasteiger partial charge in [-0.05, 0) is 49.8 Å². The second kappa shape index (κ2) is 13.0. The lowest BCUT2D eigenvalue weighted by Gasteiger charge is -2.30. The molecule has 37 heavy (non-hydrogen) atoms. The molecular weight excluding hydrogens is 490 g/mol. The normalized spacial score (nSPS) is 22.1. The van der Waals surface area contributed by atoms with E-state index in [1.165, 1.54) is 4.31 Å². The summed E-state index contributed by atoms with van der Waals surface area (Å²) in [4.78, 5) is 13.1. The quantitative estimate of drug-likeness (QED) is 0.519. The van der Waals surface area contributed by atoms with Crippen LogP contribution in [0.2, 0.25) is 0 Å². The first-order chi connectivity index (χ1) is 17.8. The summed E-state index contributed by atoms with van der Waals surface area (Å²) in [6.07, 6.45) is 4.23. The minimum absolute atomic E-state index is 0.0101. The summed E-state index contributed by atoms with van der Waals surface area (Å²) >= 11 is 0. The molecule has 1 fully saturated rings. The van der Waals surface area contributed by atoms with Gasteiger partial charge >= 0.3 is 5.97 Å². The average Bonchev–Trinajstić information content (AvgIpc) is 3.38. The standard InChI is InChI=1S/C29H39NO6S/c1-22-12-13-28-24(17-22)11-7-2-3-8-15-30(37(28,33)34)20-27(31)25(18-23-9-5-4-6-10-23)19-29(32)36-26-14-16-35-21-26/h4-6,9-10,12-13,17,25-27,31H,2-3,7-8,11,14-16,18-21H2,1H3/t25-,26+,27-/m1/s1. The molecule has 8 heteroatoms. The molecule has 202 valence electrons. The number of hydrogen-bond acceptors (Lipinski definition) is 6. The van der Waals surface area contributed by atoms with Crippen LogP contribution in [0.15, 0.2) is 53.4 Å². The highest BCUT2D eigenvalue weighted by atomic mass is 32.2. The van der Waals surface area contributed by atoms with Gasteiger partial charge in [-0.1, -0.05) is 60.9 Å². The van der Waals surface area contributed by atoms with Crippen LogP contribution in [-0.2, 0) is 37.1 Å². The number of hydrogen-bond donors (Lipinski definition) is 1. The van der Waals surface area contributed by atoms with Gasteiger partial charge in [-0.25, -0.2) is 8.42 Å². The van der Waals surface area contributed by atoms with Gasteiger partial charge in [-0.15, -0.1) is 0 Å². The van der Waals surface area contributed by atoms with E-state index in [9.17, 15) is 18.3 Å². The Kier molecular flexibility index (Phi) is 9.76. The van der Waals surface area contributed by atoms with E-state index < -0.39 is 22.0 Å². The first-order valence-electron chi connectivity index (χ1n) is 13.4. The highest BCUT2D eigenvalue weighted by Crippen LogP contribution is 2.27. The predicted molar refractivity (Wildman–Crippen MR) is 142 cm³/mol. The van der Waals surface area contributed by atoms with Crippen LogP contribution < -0.4 is 0 Å². The van der Waals surface area contributed by atoms with Crippen LogP contribution in [0.1, 0.15) is 55.2 Å². The van der Waals surface area contributed by atoms with Crippen LogP contribution in [0, 0.1) is 12.8 Å². The molecule has 0 amide bonds. The van der Waals surface area contributed by atoms with Crippen molar-refractivity contribution in [2.75, 3.05) is 26.3 Å². The Morgan fingerprint density at radius 1 is 1.14 bits per heavy atom. The van der Waals surface area contributed by atoms with Crippen LogP contribution in [-0.4, -0.2) is 62.3 Å². The second-order valence-electron chi connectivity index (χ2n) is 10.3. The van der Waals surface area contributed by atoms with E-state index in [1.807, 2.05) is 49.4 Å². The molecule has 7 nitrogen and oxygen atoms in total. The molecule has 2 aliphatic rings. The SMILES string of the molecule is Cc1ccc2c(c1)CCCCCCN(C[C@@H](O)[C@@H](CC(=O)O[C@H]1CCOC1)Cc1ccccc1)S2(=O)=O. The van der Waals surface area contributed by atoms with Gasteiger partial charge in [-0.3, -0.25) is 4.79 Å². The summed E-state index contributed by atoms with van der Waals surface area (Å²) < 4.78 is 40.0. The van der Waals surface area contributed by atoms with Gasteiger partial charge in [0.15, 0.2) is 0 Å². The van der Waals surface area contributed by atoms with E-state index in [0.29, 0.717) is 37.5 Å². The molecule has 2 heterocycles. The topological polar surface area (TPSA) is 93.1 Å². The van der Waals surface area contributed by atoms with Crippen LogP contribution in [0.4, 0.5) is 0 Å². The van der Waals surface area contributed by atoms with Crippen molar-refractivity contribution in [3.8, 4) is 0 Å². The molecule has 0 radical (unpaired) electrons. The fourth-order valence-corrected chi connectivity index (χ4v) is 6.96. The minimum Gasteiger partial charge on any atom is -0.460 e. The monoisotopic (exact) mass is 529 g/mol. The molecule has 2 aromatic rings. The van der Waals surface area contributed by atoms with E-state index in [2.05, 4.69) is 0 Å². The van der Waals surface area contributed by atoms with Crippen LogP contribution >= 0.6 is 0 Å². The van der Waals surface area contributed by atoms with Gasteiger partial charge in [0.2, 0.25) is 10.0 Å². The maximum atomic E-state index is 13.8. The Morgan fingerprint density at radius 3 is 2.68 bits per heavy atom. The maximum absolute atomic E-state index is 13.8. The first kappa shape index (κ1) is 27.8. The molecule has 3 atom stereocenters. The fraction of sp³-hybridized carbons (Fsp3) is 0.552. The number of aryl methyl sites for hydroxylation is 2. The summed E-state index contributed by atoms with van der Waals surface area (Å²) in [6, 6.07) is 15.2. The lowest BCUT2D eigenvalue weighted by Crippen LogP contribution is -2.42.